The van der Waals surface area contributed by atoms with Crippen molar-refractivity contribution in [2.24, 2.45) is 16.6 Å². The highest BCUT2D eigenvalue weighted by Crippen LogP contribution is 2.45. The Morgan fingerprint density at radius 3 is 2.82 bits per heavy atom. The van der Waals surface area contributed by atoms with Crippen molar-refractivity contribution >= 4 is 46.3 Å². The molecule has 10 heteroatoms. The number of amides is 2. The molecule has 0 unspecified atom stereocenters. The maximum absolute atomic E-state index is 13.2. The molecule has 0 bridgehead atoms. The third-order valence-corrected chi connectivity index (χ3v) is 7.20. The molecule has 4 rings (SSSR count). The summed E-state index contributed by atoms with van der Waals surface area (Å²) < 4.78 is 5.07. The van der Waals surface area contributed by atoms with E-state index in [1.165, 1.54) is 18.9 Å². The van der Waals surface area contributed by atoms with Crippen molar-refractivity contribution in [3.8, 4) is 0 Å². The van der Waals surface area contributed by atoms with Gasteiger partial charge in [0.2, 0.25) is 11.8 Å². The van der Waals surface area contributed by atoms with E-state index in [2.05, 4.69) is 4.99 Å². The van der Waals surface area contributed by atoms with Crippen molar-refractivity contribution in [2.45, 2.75) is 32.2 Å². The van der Waals surface area contributed by atoms with Crippen LogP contribution in [-0.4, -0.2) is 53.0 Å². The number of carbonyl (C=O) groups excluding carboxylic acids is 3. The number of piperidine rings is 1. The van der Waals surface area contributed by atoms with Crippen LogP contribution in [0.1, 0.15) is 37.8 Å². The second-order valence-corrected chi connectivity index (χ2v) is 9.47. The molecule has 33 heavy (non-hydrogen) atoms. The molecule has 0 aromatic heterocycles. The molecule has 2 amide bonds. The number of likely N-dealkylation sites (tertiary alicyclic amines) is 1. The molecule has 1 aromatic rings. The molecule has 3 heterocycles. The number of esters is 1. The van der Waals surface area contributed by atoms with Crippen LogP contribution in [0.25, 0.3) is 0 Å². The van der Waals surface area contributed by atoms with Gasteiger partial charge in [-0.2, -0.15) is 0 Å². The van der Waals surface area contributed by atoms with E-state index in [4.69, 9.17) is 22.1 Å². The molecular weight excluding hydrogens is 464 g/mol. The van der Waals surface area contributed by atoms with Crippen LogP contribution in [0.3, 0.4) is 0 Å². The number of methoxy groups -OCH3 is 1. The molecule has 2 atom stereocenters. The number of thioether (sulfide) groups is 1. The maximum Gasteiger partial charge on any atom is 0.338 e. The first-order chi connectivity index (χ1) is 15.8. The van der Waals surface area contributed by atoms with Gasteiger partial charge >= 0.3 is 5.97 Å². The Labute approximate surface area is 201 Å². The Bertz CT molecular complexity index is 1100. The quantitative estimate of drug-likeness (QED) is 0.638. The number of ether oxygens (including phenoxy) is 1. The van der Waals surface area contributed by atoms with Crippen LogP contribution in [0.4, 0.5) is 0 Å². The minimum absolute atomic E-state index is 0.0928. The second kappa shape index (κ2) is 9.61. The van der Waals surface area contributed by atoms with Gasteiger partial charge in [-0.25, -0.2) is 9.79 Å². The van der Waals surface area contributed by atoms with Crippen molar-refractivity contribution in [1.29, 1.82) is 0 Å². The highest BCUT2D eigenvalue weighted by molar-refractivity contribution is 8.16. The van der Waals surface area contributed by atoms with Crippen molar-refractivity contribution in [1.82, 2.24) is 9.80 Å². The molecule has 1 fully saturated rings. The fraction of sp³-hybridized carbons (Fsp3) is 0.391. The van der Waals surface area contributed by atoms with E-state index in [9.17, 15) is 14.4 Å². The number of halogens is 1. The van der Waals surface area contributed by atoms with Crippen molar-refractivity contribution in [3.63, 3.8) is 0 Å². The van der Waals surface area contributed by atoms with Crippen molar-refractivity contribution in [3.05, 3.63) is 57.2 Å². The summed E-state index contributed by atoms with van der Waals surface area (Å²) in [4.78, 5) is 45.8. The standard InChI is InChI=1S/C23H25ClN4O4S/c1-13-19(22(31)32-2)20(14-5-3-7-16(24)9-14)28-17(12-33-23(28)26-13)10-18(29)27-8-4-6-15(11-27)21(25)30/h3,5,7,9,12,15,20H,4,6,8,10-11H2,1-2H3,(H2,25,30)/t15-,20+/m1/s1. The number of benzene rings is 1. The highest BCUT2D eigenvalue weighted by Gasteiger charge is 2.41. The molecule has 8 nitrogen and oxygen atoms in total. The summed E-state index contributed by atoms with van der Waals surface area (Å²) in [6.07, 6.45) is 1.55. The minimum atomic E-state index is -0.530. The maximum atomic E-state index is 13.2. The summed E-state index contributed by atoms with van der Waals surface area (Å²) in [6.45, 7) is 2.70. The van der Waals surface area contributed by atoms with E-state index in [1.54, 1.807) is 24.0 Å². The molecule has 3 aliphatic heterocycles. The lowest BCUT2D eigenvalue weighted by Gasteiger charge is -2.37. The smallest absolute Gasteiger partial charge is 0.338 e. The van der Waals surface area contributed by atoms with Crippen molar-refractivity contribution in [2.75, 3.05) is 20.2 Å². The van der Waals surface area contributed by atoms with Crippen molar-refractivity contribution < 1.29 is 19.1 Å². The third-order valence-electron chi connectivity index (χ3n) is 6.08. The zero-order valence-electron chi connectivity index (χ0n) is 18.4. The molecule has 2 N–H and O–H groups in total. The van der Waals surface area contributed by atoms with Gasteiger partial charge < -0.3 is 20.3 Å². The first-order valence-electron chi connectivity index (χ1n) is 10.7. The van der Waals surface area contributed by atoms with E-state index < -0.39 is 12.0 Å². The first kappa shape index (κ1) is 23.4. The number of primary amides is 1. The molecule has 3 aliphatic rings. The van der Waals surface area contributed by atoms with Gasteiger partial charge in [0.1, 0.15) is 0 Å². The summed E-state index contributed by atoms with van der Waals surface area (Å²) in [5.74, 6) is -1.27. The number of hydrogen-bond acceptors (Lipinski definition) is 7. The van der Waals surface area contributed by atoms with Crippen LogP contribution in [0.2, 0.25) is 5.02 Å². The van der Waals surface area contributed by atoms with Gasteiger partial charge in [0.05, 0.1) is 36.8 Å². The lowest BCUT2D eigenvalue weighted by Crippen LogP contribution is -2.45. The fourth-order valence-electron chi connectivity index (χ4n) is 4.44. The summed E-state index contributed by atoms with van der Waals surface area (Å²) in [7, 11) is 1.33. The molecule has 0 saturated carbocycles. The normalized spacial score (nSPS) is 22.5. The summed E-state index contributed by atoms with van der Waals surface area (Å²) >= 11 is 7.67. The Morgan fingerprint density at radius 2 is 2.12 bits per heavy atom. The second-order valence-electron chi connectivity index (χ2n) is 8.20. The van der Waals surface area contributed by atoms with Crippen LogP contribution in [0.5, 0.6) is 0 Å². The average Bonchev–Trinajstić information content (AvgIpc) is 3.19. The van der Waals surface area contributed by atoms with Crippen LogP contribution in [0.15, 0.2) is 51.6 Å². The van der Waals surface area contributed by atoms with Crippen LogP contribution in [-0.2, 0) is 19.1 Å². The molecule has 0 radical (unpaired) electrons. The van der Waals surface area contributed by atoms with E-state index >= 15 is 0 Å². The van der Waals surface area contributed by atoms with E-state index in [0.29, 0.717) is 41.0 Å². The average molecular weight is 489 g/mol. The number of allylic oxidation sites excluding steroid dienone is 1. The van der Waals surface area contributed by atoms with Gasteiger partial charge in [0, 0.05) is 23.8 Å². The zero-order valence-corrected chi connectivity index (χ0v) is 20.0. The number of carbonyl (C=O) groups is 3. The fourth-order valence-corrected chi connectivity index (χ4v) is 5.60. The number of nitrogens with zero attached hydrogens (tertiary/aromatic N) is 3. The predicted molar refractivity (Wildman–Crippen MR) is 127 cm³/mol. The van der Waals surface area contributed by atoms with Gasteiger partial charge in [0.25, 0.3) is 0 Å². The number of nitrogens with two attached hydrogens (primary N) is 1. The van der Waals surface area contributed by atoms with Gasteiger partial charge in [-0.1, -0.05) is 35.5 Å². The van der Waals surface area contributed by atoms with Crippen LogP contribution < -0.4 is 5.73 Å². The lowest BCUT2D eigenvalue weighted by atomic mass is 9.93. The molecule has 0 spiro atoms. The molecule has 174 valence electrons. The SMILES string of the molecule is COC(=O)C1=C(C)N=C2SC=C(CC(=O)N3CCC[C@@H](C(N)=O)C3)N2[C@H]1c1cccc(Cl)c1. The number of rotatable bonds is 5. The topological polar surface area (TPSA) is 105 Å². The number of hydrogen-bond donors (Lipinski definition) is 1. The van der Waals surface area contributed by atoms with Gasteiger partial charge in [-0.05, 0) is 42.9 Å². The Hall–Kier alpha value is -2.78. The van der Waals surface area contributed by atoms with Gasteiger partial charge in [-0.15, -0.1) is 0 Å². The highest BCUT2D eigenvalue weighted by atomic mass is 35.5. The van der Waals surface area contributed by atoms with Gasteiger partial charge in [0.15, 0.2) is 5.17 Å². The number of aliphatic imine (C=N–C) groups is 1. The third kappa shape index (κ3) is 4.65. The van der Waals surface area contributed by atoms with Crippen LogP contribution >= 0.6 is 23.4 Å². The first-order valence-corrected chi connectivity index (χ1v) is 11.9. The minimum Gasteiger partial charge on any atom is -0.466 e. The summed E-state index contributed by atoms with van der Waals surface area (Å²) in [5, 5.41) is 3.11. The Kier molecular flexibility index (Phi) is 6.81. The Balaban J connectivity index is 1.65. The molecule has 1 aromatic carbocycles. The molecule has 0 aliphatic carbocycles. The zero-order chi connectivity index (χ0) is 23.7. The predicted octanol–water partition coefficient (Wildman–Crippen LogP) is 3.20. The van der Waals surface area contributed by atoms with E-state index in [1.807, 2.05) is 22.4 Å². The number of amidine groups is 1. The monoisotopic (exact) mass is 488 g/mol. The lowest BCUT2D eigenvalue weighted by molar-refractivity contribution is -0.137. The number of fused-ring (bicyclic) bond motifs is 1. The van der Waals surface area contributed by atoms with Crippen LogP contribution in [0, 0.1) is 5.92 Å². The van der Waals surface area contributed by atoms with E-state index in [-0.39, 0.29) is 24.2 Å². The van der Waals surface area contributed by atoms with Gasteiger partial charge in [-0.3, -0.25) is 9.59 Å². The summed E-state index contributed by atoms with van der Waals surface area (Å²) in [5.41, 5.74) is 7.95. The Morgan fingerprint density at radius 1 is 1.33 bits per heavy atom. The molecular formula is C23H25ClN4O4S. The largest absolute Gasteiger partial charge is 0.466 e. The summed E-state index contributed by atoms with van der Waals surface area (Å²) in [6, 6.07) is 6.75. The molecule has 1 saturated heterocycles. The van der Waals surface area contributed by atoms with E-state index in [0.717, 1.165) is 17.7 Å².